The van der Waals surface area contributed by atoms with Gasteiger partial charge in [0, 0.05) is 6.54 Å². The first-order valence-corrected chi connectivity index (χ1v) is 3.70. The number of hydrogen-bond donors (Lipinski definition) is 3. The van der Waals surface area contributed by atoms with Crippen LogP contribution in [0.15, 0.2) is 0 Å². The third-order valence-electron chi connectivity index (χ3n) is 1.34. The van der Waals surface area contributed by atoms with E-state index in [1.54, 1.807) is 5.43 Å². The fourth-order valence-electron chi connectivity index (χ4n) is 0.622. The van der Waals surface area contributed by atoms with Gasteiger partial charge in [-0.1, -0.05) is 13.3 Å². The summed E-state index contributed by atoms with van der Waals surface area (Å²) in [5.74, 6) is 8.28. The van der Waals surface area contributed by atoms with Crippen LogP contribution in [0.2, 0.25) is 0 Å². The standard InChI is InChI=1S/C6H14N4O2/c1-2-3-4-10(8)6(12)5(11)9-7/h2-4,7-8H2,1H3,(H,9,11). The summed E-state index contributed by atoms with van der Waals surface area (Å²) in [6, 6.07) is 0. The van der Waals surface area contributed by atoms with Gasteiger partial charge >= 0.3 is 11.8 Å². The molecule has 0 bridgehead atoms. The zero-order valence-electron chi connectivity index (χ0n) is 7.04. The first kappa shape index (κ1) is 10.9. The largest absolute Gasteiger partial charge is 0.327 e. The Bertz CT molecular complexity index is 171. The molecule has 0 saturated carbocycles. The number of nitrogens with two attached hydrogens (primary N) is 2. The Morgan fingerprint density at radius 1 is 1.50 bits per heavy atom. The van der Waals surface area contributed by atoms with Crippen LogP contribution in [-0.2, 0) is 9.59 Å². The number of unbranched alkanes of at least 4 members (excludes halogenated alkanes) is 1. The molecule has 2 amide bonds. The monoisotopic (exact) mass is 174 g/mol. The minimum absolute atomic E-state index is 0.364. The van der Waals surface area contributed by atoms with Crippen LogP contribution in [0.5, 0.6) is 0 Å². The fraction of sp³-hybridized carbons (Fsp3) is 0.667. The van der Waals surface area contributed by atoms with Crippen molar-refractivity contribution in [2.24, 2.45) is 11.7 Å². The lowest BCUT2D eigenvalue weighted by atomic mass is 10.3. The van der Waals surface area contributed by atoms with Crippen LogP contribution in [0.3, 0.4) is 0 Å². The first-order valence-electron chi connectivity index (χ1n) is 3.70. The lowest BCUT2D eigenvalue weighted by Crippen LogP contribution is -2.48. The number of carbonyl (C=O) groups excluding carboxylic acids is 2. The highest BCUT2D eigenvalue weighted by Gasteiger charge is 2.16. The molecule has 0 aromatic heterocycles. The van der Waals surface area contributed by atoms with Gasteiger partial charge in [0.25, 0.3) is 0 Å². The Balaban J connectivity index is 3.84. The Labute approximate surface area is 70.8 Å². The Kier molecular flexibility index (Phi) is 4.98. The van der Waals surface area contributed by atoms with Gasteiger partial charge in [0.15, 0.2) is 0 Å². The van der Waals surface area contributed by atoms with E-state index in [2.05, 4.69) is 0 Å². The molecule has 0 aliphatic carbocycles. The van der Waals surface area contributed by atoms with Crippen LogP contribution >= 0.6 is 0 Å². The third kappa shape index (κ3) is 3.31. The average Bonchev–Trinajstić information content (AvgIpc) is 2.11. The quantitative estimate of drug-likeness (QED) is 0.209. The van der Waals surface area contributed by atoms with Gasteiger partial charge < -0.3 is 0 Å². The molecule has 5 N–H and O–H groups in total. The van der Waals surface area contributed by atoms with Crippen molar-refractivity contribution < 1.29 is 9.59 Å². The molecule has 0 atom stereocenters. The number of rotatable bonds is 3. The Hall–Kier alpha value is -1.14. The summed E-state index contributed by atoms with van der Waals surface area (Å²) in [5, 5.41) is 0.853. The minimum Gasteiger partial charge on any atom is -0.286 e. The summed E-state index contributed by atoms with van der Waals surface area (Å²) in [6.45, 7) is 2.32. The minimum atomic E-state index is -0.895. The second kappa shape index (κ2) is 5.50. The van der Waals surface area contributed by atoms with Crippen LogP contribution in [0.4, 0.5) is 0 Å². The molecule has 0 aromatic carbocycles. The van der Waals surface area contributed by atoms with Crippen molar-refractivity contribution in [2.75, 3.05) is 6.54 Å². The highest BCUT2D eigenvalue weighted by atomic mass is 16.2. The van der Waals surface area contributed by atoms with Gasteiger partial charge in [-0.05, 0) is 6.42 Å². The van der Waals surface area contributed by atoms with E-state index in [1.165, 1.54) is 0 Å². The van der Waals surface area contributed by atoms with Crippen molar-refractivity contribution in [3.8, 4) is 0 Å². The molecule has 6 heteroatoms. The van der Waals surface area contributed by atoms with E-state index in [1.807, 2.05) is 6.92 Å². The molecule has 70 valence electrons. The molecular weight excluding hydrogens is 160 g/mol. The van der Waals surface area contributed by atoms with Crippen molar-refractivity contribution in [1.82, 2.24) is 10.4 Å². The van der Waals surface area contributed by atoms with Gasteiger partial charge in [-0.25, -0.2) is 11.7 Å². The topological polar surface area (TPSA) is 101 Å². The maximum Gasteiger partial charge on any atom is 0.327 e. The van der Waals surface area contributed by atoms with Crippen molar-refractivity contribution in [1.29, 1.82) is 0 Å². The second-order valence-electron chi connectivity index (χ2n) is 2.33. The van der Waals surface area contributed by atoms with Crippen LogP contribution in [0, 0.1) is 0 Å². The highest BCUT2D eigenvalue weighted by molar-refractivity contribution is 6.34. The van der Waals surface area contributed by atoms with Crippen LogP contribution < -0.4 is 17.1 Å². The second-order valence-corrected chi connectivity index (χ2v) is 2.33. The van der Waals surface area contributed by atoms with Gasteiger partial charge in [-0.2, -0.15) is 0 Å². The molecule has 6 nitrogen and oxygen atoms in total. The Morgan fingerprint density at radius 2 is 2.08 bits per heavy atom. The van der Waals surface area contributed by atoms with E-state index in [9.17, 15) is 9.59 Å². The lowest BCUT2D eigenvalue weighted by molar-refractivity contribution is -0.146. The van der Waals surface area contributed by atoms with E-state index in [0.29, 0.717) is 6.54 Å². The molecule has 0 rings (SSSR count). The number of carbonyl (C=O) groups is 2. The zero-order valence-corrected chi connectivity index (χ0v) is 7.04. The summed E-state index contributed by atoms with van der Waals surface area (Å²) < 4.78 is 0. The van der Waals surface area contributed by atoms with Crippen molar-refractivity contribution >= 4 is 11.8 Å². The van der Waals surface area contributed by atoms with Gasteiger partial charge in [0.05, 0.1) is 0 Å². The van der Waals surface area contributed by atoms with E-state index in [-0.39, 0.29) is 0 Å². The maximum atomic E-state index is 10.9. The normalized spacial score (nSPS) is 9.25. The number of nitrogens with one attached hydrogen (secondary N) is 1. The molecule has 0 unspecified atom stereocenters. The molecule has 0 aliphatic heterocycles. The van der Waals surface area contributed by atoms with Crippen molar-refractivity contribution in [3.63, 3.8) is 0 Å². The maximum absolute atomic E-state index is 10.9. The summed E-state index contributed by atoms with van der Waals surface area (Å²) in [7, 11) is 0. The van der Waals surface area contributed by atoms with Crippen LogP contribution in [-0.4, -0.2) is 23.4 Å². The summed E-state index contributed by atoms with van der Waals surface area (Å²) in [6.07, 6.45) is 1.67. The van der Waals surface area contributed by atoms with Gasteiger partial charge in [0.2, 0.25) is 0 Å². The fourth-order valence-corrected chi connectivity index (χ4v) is 0.622. The highest BCUT2D eigenvalue weighted by Crippen LogP contribution is 1.89. The molecule has 0 aliphatic rings. The van der Waals surface area contributed by atoms with Crippen LogP contribution in [0.1, 0.15) is 19.8 Å². The van der Waals surface area contributed by atoms with E-state index in [4.69, 9.17) is 11.7 Å². The summed E-state index contributed by atoms with van der Waals surface area (Å²) in [4.78, 5) is 21.5. The number of hydrogen-bond acceptors (Lipinski definition) is 4. The van der Waals surface area contributed by atoms with E-state index in [0.717, 1.165) is 17.9 Å². The van der Waals surface area contributed by atoms with Crippen molar-refractivity contribution in [2.45, 2.75) is 19.8 Å². The first-order chi connectivity index (χ1) is 5.63. The van der Waals surface area contributed by atoms with Gasteiger partial charge in [-0.15, -0.1) is 0 Å². The lowest BCUT2D eigenvalue weighted by Gasteiger charge is -2.13. The van der Waals surface area contributed by atoms with E-state index >= 15 is 0 Å². The number of amides is 2. The molecule has 0 fully saturated rings. The summed E-state index contributed by atoms with van der Waals surface area (Å²) >= 11 is 0. The van der Waals surface area contributed by atoms with Crippen molar-refractivity contribution in [3.05, 3.63) is 0 Å². The number of nitrogens with zero attached hydrogens (tertiary/aromatic N) is 1. The van der Waals surface area contributed by atoms with Crippen LogP contribution in [0.25, 0.3) is 0 Å². The zero-order chi connectivity index (χ0) is 9.56. The SMILES string of the molecule is CCCCN(N)C(=O)C(=O)NN. The predicted molar refractivity (Wildman–Crippen MR) is 43.1 cm³/mol. The molecule has 0 aromatic rings. The molecule has 0 saturated heterocycles. The molecular formula is C6H14N4O2. The predicted octanol–water partition coefficient (Wildman–Crippen LogP) is -1.52. The third-order valence-corrected chi connectivity index (χ3v) is 1.34. The number of hydrazine groups is 2. The van der Waals surface area contributed by atoms with Gasteiger partial charge in [-0.3, -0.25) is 20.0 Å². The smallest absolute Gasteiger partial charge is 0.286 e. The van der Waals surface area contributed by atoms with Gasteiger partial charge in [0.1, 0.15) is 0 Å². The molecule has 0 radical (unpaired) electrons. The molecule has 0 heterocycles. The summed E-state index contributed by atoms with van der Waals surface area (Å²) in [5.41, 5.74) is 1.71. The Morgan fingerprint density at radius 3 is 2.50 bits per heavy atom. The average molecular weight is 174 g/mol. The molecule has 0 spiro atoms. The van der Waals surface area contributed by atoms with E-state index < -0.39 is 11.8 Å². The molecule has 12 heavy (non-hydrogen) atoms.